The summed E-state index contributed by atoms with van der Waals surface area (Å²) in [5.74, 6) is 0. The molecule has 20 heavy (non-hydrogen) atoms. The molecule has 1 N–H and O–H groups in total. The highest BCUT2D eigenvalue weighted by atomic mass is 16.6. The highest BCUT2D eigenvalue weighted by molar-refractivity contribution is 5.62. The van der Waals surface area contributed by atoms with Crippen molar-refractivity contribution in [2.24, 2.45) is 0 Å². The smallest absolute Gasteiger partial charge is 0.292 e. The van der Waals surface area contributed by atoms with E-state index in [9.17, 15) is 10.1 Å². The third-order valence-electron chi connectivity index (χ3n) is 3.05. The zero-order valence-corrected chi connectivity index (χ0v) is 12.5. The second-order valence-corrected chi connectivity index (χ2v) is 4.95. The first kappa shape index (κ1) is 16.4. The number of nitrogens with zero attached hydrogens (tertiary/aromatic N) is 1. The molecule has 0 aliphatic heterocycles. The highest BCUT2D eigenvalue weighted by Crippen LogP contribution is 2.26. The summed E-state index contributed by atoms with van der Waals surface area (Å²) in [4.78, 5) is 10.6. The van der Waals surface area contributed by atoms with Crippen molar-refractivity contribution in [1.29, 1.82) is 0 Å². The minimum Gasteiger partial charge on any atom is -0.379 e. The molecule has 1 unspecified atom stereocenters. The van der Waals surface area contributed by atoms with E-state index in [1.807, 2.05) is 19.9 Å². The number of ether oxygens (including phenoxy) is 1. The molecule has 0 fully saturated rings. The Balaban J connectivity index is 2.75. The van der Waals surface area contributed by atoms with E-state index in [1.54, 1.807) is 12.1 Å². The number of nitro groups is 1. The summed E-state index contributed by atoms with van der Waals surface area (Å²) in [5, 5.41) is 14.1. The van der Waals surface area contributed by atoms with Crippen LogP contribution >= 0.6 is 0 Å². The fourth-order valence-corrected chi connectivity index (χ4v) is 1.96. The predicted octanol–water partition coefficient (Wildman–Crippen LogP) is 4.12. The second-order valence-electron chi connectivity index (χ2n) is 4.95. The molecule has 0 amide bonds. The Morgan fingerprint density at radius 2 is 2.10 bits per heavy atom. The van der Waals surface area contributed by atoms with Crippen LogP contribution in [0.5, 0.6) is 0 Å². The molecule has 5 nitrogen and oxygen atoms in total. The van der Waals surface area contributed by atoms with E-state index in [-0.39, 0.29) is 16.7 Å². The lowest BCUT2D eigenvalue weighted by atomic mass is 10.1. The standard InChI is InChI=1S/C15H24N2O3/c1-4-6-12(3)20-11-13-7-8-15(17(18)19)14(10-13)16-9-5-2/h7-8,10,12,16H,4-6,9,11H2,1-3H3. The zero-order chi connectivity index (χ0) is 15.0. The lowest BCUT2D eigenvalue weighted by molar-refractivity contribution is -0.384. The van der Waals surface area contributed by atoms with E-state index in [0.717, 1.165) is 31.4 Å². The number of benzene rings is 1. The van der Waals surface area contributed by atoms with Crippen molar-refractivity contribution >= 4 is 11.4 Å². The van der Waals surface area contributed by atoms with Gasteiger partial charge in [0, 0.05) is 12.6 Å². The Bertz CT molecular complexity index is 435. The van der Waals surface area contributed by atoms with E-state index in [0.29, 0.717) is 12.3 Å². The van der Waals surface area contributed by atoms with Crippen LogP contribution in [-0.4, -0.2) is 17.6 Å². The van der Waals surface area contributed by atoms with Gasteiger partial charge in [0.2, 0.25) is 0 Å². The molecule has 0 radical (unpaired) electrons. The summed E-state index contributed by atoms with van der Waals surface area (Å²) in [6.07, 6.45) is 3.24. The van der Waals surface area contributed by atoms with Gasteiger partial charge in [-0.3, -0.25) is 10.1 Å². The molecule has 1 atom stereocenters. The van der Waals surface area contributed by atoms with Crippen molar-refractivity contribution in [3.63, 3.8) is 0 Å². The maximum Gasteiger partial charge on any atom is 0.292 e. The minimum absolute atomic E-state index is 0.115. The van der Waals surface area contributed by atoms with Gasteiger partial charge < -0.3 is 10.1 Å². The Hall–Kier alpha value is -1.62. The molecule has 1 aromatic carbocycles. The van der Waals surface area contributed by atoms with Gasteiger partial charge in [-0.1, -0.05) is 20.3 Å². The van der Waals surface area contributed by atoms with Gasteiger partial charge in [0.15, 0.2) is 0 Å². The number of hydrogen-bond donors (Lipinski definition) is 1. The molecule has 1 aromatic rings. The summed E-state index contributed by atoms with van der Waals surface area (Å²) in [6.45, 7) is 7.40. The highest BCUT2D eigenvalue weighted by Gasteiger charge is 2.14. The van der Waals surface area contributed by atoms with Crippen LogP contribution in [0.2, 0.25) is 0 Å². The molecule has 0 saturated heterocycles. The van der Waals surface area contributed by atoms with Crippen LogP contribution in [0.3, 0.4) is 0 Å². The van der Waals surface area contributed by atoms with Crippen LogP contribution in [0.4, 0.5) is 11.4 Å². The Morgan fingerprint density at radius 1 is 1.35 bits per heavy atom. The normalized spacial score (nSPS) is 12.2. The number of nitrogens with one attached hydrogen (secondary N) is 1. The van der Waals surface area contributed by atoms with Gasteiger partial charge in [0.1, 0.15) is 5.69 Å². The molecule has 0 saturated carbocycles. The molecule has 0 bridgehead atoms. The number of hydrogen-bond acceptors (Lipinski definition) is 4. The van der Waals surface area contributed by atoms with Gasteiger partial charge >= 0.3 is 0 Å². The topological polar surface area (TPSA) is 64.4 Å². The number of nitro benzene ring substituents is 1. The van der Waals surface area contributed by atoms with E-state index in [2.05, 4.69) is 12.2 Å². The van der Waals surface area contributed by atoms with Gasteiger partial charge in [-0.25, -0.2) is 0 Å². The first-order valence-corrected chi connectivity index (χ1v) is 7.21. The van der Waals surface area contributed by atoms with Gasteiger partial charge in [-0.2, -0.15) is 0 Å². The maximum atomic E-state index is 11.0. The van der Waals surface area contributed by atoms with Crippen LogP contribution in [0, 0.1) is 10.1 Å². The van der Waals surface area contributed by atoms with Gasteiger partial charge in [0.25, 0.3) is 5.69 Å². The minimum atomic E-state index is -0.359. The van der Waals surface area contributed by atoms with E-state index >= 15 is 0 Å². The molecule has 112 valence electrons. The predicted molar refractivity (Wildman–Crippen MR) is 81.0 cm³/mol. The fraction of sp³-hybridized carbons (Fsp3) is 0.600. The second kappa shape index (κ2) is 8.53. The molecular weight excluding hydrogens is 256 g/mol. The van der Waals surface area contributed by atoms with E-state index in [1.165, 1.54) is 0 Å². The van der Waals surface area contributed by atoms with Crippen LogP contribution in [0.15, 0.2) is 18.2 Å². The monoisotopic (exact) mass is 280 g/mol. The first-order chi connectivity index (χ1) is 9.58. The van der Waals surface area contributed by atoms with Gasteiger partial charge in [-0.15, -0.1) is 0 Å². The lowest BCUT2D eigenvalue weighted by Crippen LogP contribution is -2.08. The van der Waals surface area contributed by atoms with Crippen LogP contribution in [0.1, 0.15) is 45.6 Å². The van der Waals surface area contributed by atoms with E-state index < -0.39 is 0 Å². The van der Waals surface area contributed by atoms with Crippen molar-refractivity contribution in [2.75, 3.05) is 11.9 Å². The molecule has 1 rings (SSSR count). The van der Waals surface area contributed by atoms with Gasteiger partial charge in [-0.05, 0) is 37.5 Å². The van der Waals surface area contributed by atoms with Crippen molar-refractivity contribution < 1.29 is 9.66 Å². The summed E-state index contributed by atoms with van der Waals surface area (Å²) in [5.41, 5.74) is 1.64. The molecule has 0 aliphatic rings. The maximum absolute atomic E-state index is 11.0. The summed E-state index contributed by atoms with van der Waals surface area (Å²) in [6, 6.07) is 5.11. The van der Waals surface area contributed by atoms with Crippen molar-refractivity contribution in [2.45, 2.75) is 52.7 Å². The third-order valence-corrected chi connectivity index (χ3v) is 3.05. The lowest BCUT2D eigenvalue weighted by Gasteiger charge is -2.13. The molecule has 0 aromatic heterocycles. The Labute approximate surface area is 120 Å². The molecule has 0 aliphatic carbocycles. The SMILES string of the molecule is CCCNc1cc(COC(C)CCC)ccc1[N+](=O)[O-]. The Kier molecular flexibility index (Phi) is 7.01. The zero-order valence-electron chi connectivity index (χ0n) is 12.5. The molecule has 5 heteroatoms. The summed E-state index contributed by atoms with van der Waals surface area (Å²) >= 11 is 0. The van der Waals surface area contributed by atoms with Crippen LogP contribution in [0.25, 0.3) is 0 Å². The molecule has 0 spiro atoms. The van der Waals surface area contributed by atoms with Crippen LogP contribution < -0.4 is 5.32 Å². The fourth-order valence-electron chi connectivity index (χ4n) is 1.96. The number of rotatable bonds is 9. The van der Waals surface area contributed by atoms with Crippen molar-refractivity contribution in [3.8, 4) is 0 Å². The summed E-state index contributed by atoms with van der Waals surface area (Å²) < 4.78 is 5.73. The van der Waals surface area contributed by atoms with Gasteiger partial charge in [0.05, 0.1) is 17.6 Å². The largest absolute Gasteiger partial charge is 0.379 e. The first-order valence-electron chi connectivity index (χ1n) is 7.21. The quantitative estimate of drug-likeness (QED) is 0.546. The Morgan fingerprint density at radius 3 is 2.70 bits per heavy atom. The average Bonchev–Trinajstić information content (AvgIpc) is 2.43. The number of anilines is 1. The van der Waals surface area contributed by atoms with E-state index in [4.69, 9.17) is 4.74 Å². The third kappa shape index (κ3) is 5.17. The molecular formula is C15H24N2O3. The average molecular weight is 280 g/mol. The summed E-state index contributed by atoms with van der Waals surface area (Å²) in [7, 11) is 0. The van der Waals surface area contributed by atoms with Crippen molar-refractivity contribution in [1.82, 2.24) is 0 Å². The van der Waals surface area contributed by atoms with Crippen LogP contribution in [-0.2, 0) is 11.3 Å². The van der Waals surface area contributed by atoms with Crippen molar-refractivity contribution in [3.05, 3.63) is 33.9 Å². The molecule has 0 heterocycles.